The maximum absolute atomic E-state index is 10.9. The summed E-state index contributed by atoms with van der Waals surface area (Å²) in [5.41, 5.74) is 0. The van der Waals surface area contributed by atoms with Crippen molar-refractivity contribution in [3.05, 3.63) is 24.5 Å². The lowest BCUT2D eigenvalue weighted by Crippen LogP contribution is -2.10. The van der Waals surface area contributed by atoms with Crippen LogP contribution in [0, 0.1) is 5.92 Å². The van der Waals surface area contributed by atoms with Crippen LogP contribution in [-0.2, 0) is 9.47 Å². The summed E-state index contributed by atoms with van der Waals surface area (Å²) in [5.74, 6) is 1.26. The molecule has 1 aliphatic carbocycles. The monoisotopic (exact) mass is 210 g/mol. The topological polar surface area (TPSA) is 35.5 Å². The smallest absolute Gasteiger partial charge is 0.437 e. The normalized spacial score (nSPS) is 20.3. The summed E-state index contributed by atoms with van der Waals surface area (Å²) >= 11 is 0. The molecule has 0 spiro atoms. The van der Waals surface area contributed by atoms with Gasteiger partial charge in [-0.15, -0.1) is 6.58 Å². The minimum atomic E-state index is -0.620. The molecular weight excluding hydrogens is 192 g/mol. The zero-order chi connectivity index (χ0) is 11.1. The highest BCUT2D eigenvalue weighted by Gasteiger charge is 2.16. The van der Waals surface area contributed by atoms with Crippen LogP contribution in [0.1, 0.15) is 32.1 Å². The van der Waals surface area contributed by atoms with Crippen LogP contribution in [0.5, 0.6) is 0 Å². The summed E-state index contributed by atoms with van der Waals surface area (Å²) in [7, 11) is 1.32. The predicted octanol–water partition coefficient (Wildman–Crippen LogP) is 3.42. The molecule has 3 heteroatoms. The van der Waals surface area contributed by atoms with Gasteiger partial charge in [0.05, 0.1) is 7.11 Å². The molecule has 1 unspecified atom stereocenters. The molecule has 0 N–H and O–H groups in total. The fourth-order valence-electron chi connectivity index (χ4n) is 1.76. The van der Waals surface area contributed by atoms with Crippen molar-refractivity contribution in [2.75, 3.05) is 7.11 Å². The van der Waals surface area contributed by atoms with Gasteiger partial charge in [-0.25, -0.2) is 4.79 Å². The molecule has 0 fully saturated rings. The molecule has 0 amide bonds. The van der Waals surface area contributed by atoms with E-state index >= 15 is 0 Å². The highest BCUT2D eigenvalue weighted by molar-refractivity contribution is 5.61. The lowest BCUT2D eigenvalue weighted by molar-refractivity contribution is 0.0924. The fraction of sp³-hybridized carbons (Fsp3) is 0.583. The first-order valence-corrected chi connectivity index (χ1v) is 5.33. The van der Waals surface area contributed by atoms with E-state index < -0.39 is 6.16 Å². The number of allylic oxidation sites excluding steroid dienone is 3. The van der Waals surface area contributed by atoms with Crippen LogP contribution >= 0.6 is 0 Å². The molecule has 1 aliphatic rings. The fourth-order valence-corrected chi connectivity index (χ4v) is 1.76. The summed E-state index contributed by atoms with van der Waals surface area (Å²) in [4.78, 5) is 10.9. The zero-order valence-electron chi connectivity index (χ0n) is 9.20. The average Bonchev–Trinajstić information content (AvgIpc) is 2.26. The number of hydrogen-bond acceptors (Lipinski definition) is 3. The van der Waals surface area contributed by atoms with Gasteiger partial charge in [-0.1, -0.05) is 6.08 Å². The largest absolute Gasteiger partial charge is 0.513 e. The van der Waals surface area contributed by atoms with Gasteiger partial charge in [0.25, 0.3) is 0 Å². The van der Waals surface area contributed by atoms with Crippen LogP contribution in [0.2, 0.25) is 0 Å². The number of carbonyl (C=O) groups is 1. The van der Waals surface area contributed by atoms with E-state index in [0.717, 1.165) is 31.4 Å². The van der Waals surface area contributed by atoms with E-state index in [4.69, 9.17) is 4.74 Å². The molecule has 0 aliphatic heterocycles. The summed E-state index contributed by atoms with van der Waals surface area (Å²) in [6.45, 7) is 3.70. The van der Waals surface area contributed by atoms with Gasteiger partial charge < -0.3 is 9.47 Å². The standard InChI is InChI=1S/C12H18O3/c1-3-4-6-10-7-5-8-11(9-10)15-12(13)14-2/h3,9-10H,1,4-8H2,2H3. The maximum Gasteiger partial charge on any atom is 0.513 e. The summed E-state index contributed by atoms with van der Waals surface area (Å²) < 4.78 is 9.48. The third-order valence-electron chi connectivity index (χ3n) is 2.54. The SMILES string of the molecule is C=CCCC1C=C(OC(=O)OC)CCC1. The van der Waals surface area contributed by atoms with E-state index in [1.807, 2.05) is 12.2 Å². The van der Waals surface area contributed by atoms with Gasteiger partial charge in [0, 0.05) is 6.42 Å². The highest BCUT2D eigenvalue weighted by Crippen LogP contribution is 2.27. The predicted molar refractivity (Wildman–Crippen MR) is 58.3 cm³/mol. The Morgan fingerprint density at radius 1 is 1.73 bits per heavy atom. The maximum atomic E-state index is 10.9. The second-order valence-corrected chi connectivity index (χ2v) is 3.71. The molecule has 0 aromatic rings. The molecule has 0 heterocycles. The molecule has 0 bridgehead atoms. The minimum Gasteiger partial charge on any atom is -0.437 e. The second kappa shape index (κ2) is 6.27. The van der Waals surface area contributed by atoms with Crippen LogP contribution in [0.25, 0.3) is 0 Å². The molecule has 0 radical (unpaired) electrons. The van der Waals surface area contributed by atoms with Crippen molar-refractivity contribution in [1.82, 2.24) is 0 Å². The number of rotatable bonds is 4. The Bertz CT molecular complexity index is 256. The Kier molecular flexibility index (Phi) is 4.95. The molecule has 1 atom stereocenters. The highest BCUT2D eigenvalue weighted by atomic mass is 16.7. The van der Waals surface area contributed by atoms with Gasteiger partial charge >= 0.3 is 6.16 Å². The molecule has 15 heavy (non-hydrogen) atoms. The average molecular weight is 210 g/mol. The lowest BCUT2D eigenvalue weighted by Gasteiger charge is -2.19. The molecule has 3 nitrogen and oxygen atoms in total. The number of methoxy groups -OCH3 is 1. The van der Waals surface area contributed by atoms with Crippen LogP contribution in [0.4, 0.5) is 4.79 Å². The number of hydrogen-bond donors (Lipinski definition) is 0. The first-order valence-electron chi connectivity index (χ1n) is 5.33. The van der Waals surface area contributed by atoms with Crippen molar-refractivity contribution in [2.45, 2.75) is 32.1 Å². The second-order valence-electron chi connectivity index (χ2n) is 3.71. The summed E-state index contributed by atoms with van der Waals surface area (Å²) in [5, 5.41) is 0. The van der Waals surface area contributed by atoms with Gasteiger partial charge in [-0.05, 0) is 37.7 Å². The molecule has 0 saturated heterocycles. The van der Waals surface area contributed by atoms with Crippen LogP contribution < -0.4 is 0 Å². The first-order chi connectivity index (χ1) is 7.26. The Labute approximate surface area is 90.8 Å². The Hall–Kier alpha value is -1.25. The van der Waals surface area contributed by atoms with Gasteiger partial charge in [0.1, 0.15) is 5.76 Å². The Morgan fingerprint density at radius 3 is 3.20 bits per heavy atom. The van der Waals surface area contributed by atoms with E-state index in [0.29, 0.717) is 5.92 Å². The third kappa shape index (κ3) is 4.19. The van der Waals surface area contributed by atoms with E-state index in [-0.39, 0.29) is 0 Å². The van der Waals surface area contributed by atoms with Crippen molar-refractivity contribution < 1.29 is 14.3 Å². The number of carbonyl (C=O) groups excluding carboxylic acids is 1. The summed E-state index contributed by atoms with van der Waals surface area (Å²) in [6, 6.07) is 0. The number of ether oxygens (including phenoxy) is 2. The Balaban J connectivity index is 2.45. The molecule has 84 valence electrons. The minimum absolute atomic E-state index is 0.511. The first kappa shape index (κ1) is 11.8. The van der Waals surface area contributed by atoms with Crippen molar-refractivity contribution in [3.8, 4) is 0 Å². The molecule has 0 aromatic carbocycles. The molecule has 0 aromatic heterocycles. The van der Waals surface area contributed by atoms with Crippen molar-refractivity contribution in [3.63, 3.8) is 0 Å². The van der Waals surface area contributed by atoms with Gasteiger partial charge in [0.2, 0.25) is 0 Å². The van der Waals surface area contributed by atoms with Crippen LogP contribution in [0.3, 0.4) is 0 Å². The molecule has 0 saturated carbocycles. The summed E-state index contributed by atoms with van der Waals surface area (Å²) in [6.07, 6.45) is 8.51. The van der Waals surface area contributed by atoms with Gasteiger partial charge in [-0.3, -0.25) is 0 Å². The third-order valence-corrected chi connectivity index (χ3v) is 2.54. The van der Waals surface area contributed by atoms with Crippen molar-refractivity contribution in [1.29, 1.82) is 0 Å². The van der Waals surface area contributed by atoms with E-state index in [1.165, 1.54) is 13.5 Å². The van der Waals surface area contributed by atoms with Crippen LogP contribution in [-0.4, -0.2) is 13.3 Å². The van der Waals surface area contributed by atoms with Crippen LogP contribution in [0.15, 0.2) is 24.5 Å². The zero-order valence-corrected chi connectivity index (χ0v) is 9.20. The van der Waals surface area contributed by atoms with E-state index in [9.17, 15) is 4.79 Å². The lowest BCUT2D eigenvalue weighted by atomic mass is 9.91. The quantitative estimate of drug-likeness (QED) is 0.527. The van der Waals surface area contributed by atoms with E-state index in [1.54, 1.807) is 0 Å². The molecular formula is C12H18O3. The van der Waals surface area contributed by atoms with E-state index in [2.05, 4.69) is 11.3 Å². The van der Waals surface area contributed by atoms with Crippen molar-refractivity contribution >= 4 is 6.16 Å². The molecule has 1 rings (SSSR count). The Morgan fingerprint density at radius 2 is 2.53 bits per heavy atom. The van der Waals surface area contributed by atoms with Crippen molar-refractivity contribution in [2.24, 2.45) is 5.92 Å². The van der Waals surface area contributed by atoms with Gasteiger partial charge in [-0.2, -0.15) is 0 Å². The van der Waals surface area contributed by atoms with Gasteiger partial charge in [0.15, 0.2) is 0 Å².